The van der Waals surface area contributed by atoms with E-state index in [4.69, 9.17) is 0 Å². The van der Waals surface area contributed by atoms with Crippen LogP contribution in [0.25, 0.3) is 0 Å². The van der Waals surface area contributed by atoms with Crippen molar-refractivity contribution >= 4 is 15.5 Å². The average molecular weight is 322 g/mol. The second kappa shape index (κ2) is 6.20. The van der Waals surface area contributed by atoms with E-state index >= 15 is 0 Å². The standard InChI is InChI=1S/C17H26N2O2S/c1-19(2)8-5-15-12-18-17-4-3-14(11-16(15)17)13-6-9-22(20,21)10-7-13/h3-4,11,13,15,18H,5-10,12H2,1-2H3. The minimum atomic E-state index is -2.78. The van der Waals surface area contributed by atoms with Gasteiger partial charge in [0.15, 0.2) is 0 Å². The third-order valence-electron chi connectivity index (χ3n) is 5.01. The first-order chi connectivity index (χ1) is 10.4. The maximum absolute atomic E-state index is 11.6. The highest BCUT2D eigenvalue weighted by atomic mass is 32.2. The first kappa shape index (κ1) is 15.8. The summed E-state index contributed by atoms with van der Waals surface area (Å²) >= 11 is 0. The highest BCUT2D eigenvalue weighted by Crippen LogP contribution is 2.38. The van der Waals surface area contributed by atoms with Gasteiger partial charge in [0.1, 0.15) is 9.84 Å². The van der Waals surface area contributed by atoms with Gasteiger partial charge in [0.05, 0.1) is 11.5 Å². The van der Waals surface area contributed by atoms with Crippen molar-refractivity contribution in [1.82, 2.24) is 4.90 Å². The summed E-state index contributed by atoms with van der Waals surface area (Å²) in [6.45, 7) is 2.11. The van der Waals surface area contributed by atoms with Gasteiger partial charge in [-0.25, -0.2) is 8.42 Å². The molecule has 1 atom stereocenters. The van der Waals surface area contributed by atoms with E-state index in [2.05, 4.69) is 42.5 Å². The van der Waals surface area contributed by atoms with Crippen LogP contribution in [-0.4, -0.2) is 52.0 Å². The molecule has 0 aromatic heterocycles. The zero-order valence-electron chi connectivity index (χ0n) is 13.5. The van der Waals surface area contributed by atoms with Crippen LogP contribution in [0.15, 0.2) is 18.2 Å². The zero-order valence-corrected chi connectivity index (χ0v) is 14.3. The van der Waals surface area contributed by atoms with Crippen LogP contribution in [0.2, 0.25) is 0 Å². The van der Waals surface area contributed by atoms with Gasteiger partial charge in [0.25, 0.3) is 0 Å². The molecule has 0 saturated carbocycles. The first-order valence-electron chi connectivity index (χ1n) is 8.17. The van der Waals surface area contributed by atoms with E-state index in [0.29, 0.717) is 23.3 Å². The van der Waals surface area contributed by atoms with Crippen LogP contribution >= 0.6 is 0 Å². The Bertz CT molecular complexity index is 626. The molecule has 0 bridgehead atoms. The van der Waals surface area contributed by atoms with Crippen LogP contribution in [0.3, 0.4) is 0 Å². The van der Waals surface area contributed by atoms with Crippen molar-refractivity contribution in [3.8, 4) is 0 Å². The normalized spacial score (nSPS) is 24.2. The Labute approximate surface area is 133 Å². The van der Waals surface area contributed by atoms with Gasteiger partial charge in [-0.1, -0.05) is 12.1 Å². The van der Waals surface area contributed by atoms with Crippen molar-refractivity contribution in [2.24, 2.45) is 0 Å². The molecule has 3 rings (SSSR count). The molecule has 1 N–H and O–H groups in total. The zero-order chi connectivity index (χ0) is 15.7. The van der Waals surface area contributed by atoms with Crippen molar-refractivity contribution < 1.29 is 8.42 Å². The minimum Gasteiger partial charge on any atom is -0.384 e. The van der Waals surface area contributed by atoms with Crippen molar-refractivity contribution in [3.05, 3.63) is 29.3 Å². The molecule has 1 saturated heterocycles. The average Bonchev–Trinajstić information content (AvgIpc) is 2.87. The van der Waals surface area contributed by atoms with E-state index < -0.39 is 9.84 Å². The molecule has 5 heteroatoms. The van der Waals surface area contributed by atoms with E-state index in [1.165, 1.54) is 16.8 Å². The Hall–Kier alpha value is -1.07. The maximum atomic E-state index is 11.6. The predicted octanol–water partition coefficient (Wildman–Crippen LogP) is 2.44. The third kappa shape index (κ3) is 3.46. The summed E-state index contributed by atoms with van der Waals surface area (Å²) in [6, 6.07) is 6.70. The Morgan fingerprint density at radius 3 is 2.64 bits per heavy atom. The van der Waals surface area contributed by atoms with E-state index in [1.807, 2.05) is 0 Å². The van der Waals surface area contributed by atoms with Gasteiger partial charge < -0.3 is 10.2 Å². The van der Waals surface area contributed by atoms with Gasteiger partial charge >= 0.3 is 0 Å². The summed E-state index contributed by atoms with van der Waals surface area (Å²) in [5.41, 5.74) is 4.01. The minimum absolute atomic E-state index is 0.344. The van der Waals surface area contributed by atoms with Crippen LogP contribution in [0.4, 0.5) is 5.69 Å². The third-order valence-corrected chi connectivity index (χ3v) is 6.72. The lowest BCUT2D eigenvalue weighted by Crippen LogP contribution is -2.22. The SMILES string of the molecule is CN(C)CCC1CNc2ccc(C3CCS(=O)(=O)CC3)cc21. The molecule has 1 aromatic carbocycles. The molecule has 1 fully saturated rings. The molecular formula is C17H26N2O2S. The fourth-order valence-corrected chi connectivity index (χ4v) is 5.06. The Morgan fingerprint density at radius 2 is 1.95 bits per heavy atom. The molecule has 0 spiro atoms. The van der Waals surface area contributed by atoms with E-state index in [1.54, 1.807) is 0 Å². The lowest BCUT2D eigenvalue weighted by Gasteiger charge is -2.23. The van der Waals surface area contributed by atoms with E-state index in [9.17, 15) is 8.42 Å². The predicted molar refractivity (Wildman–Crippen MR) is 91.5 cm³/mol. The van der Waals surface area contributed by atoms with Gasteiger partial charge in [-0.15, -0.1) is 0 Å². The number of sulfone groups is 1. The number of hydrogen-bond donors (Lipinski definition) is 1. The Balaban J connectivity index is 1.74. The molecule has 1 unspecified atom stereocenters. The second-order valence-corrected chi connectivity index (χ2v) is 9.25. The number of fused-ring (bicyclic) bond motifs is 1. The maximum Gasteiger partial charge on any atom is 0.150 e. The van der Waals surface area contributed by atoms with Gasteiger partial charge in [0.2, 0.25) is 0 Å². The second-order valence-electron chi connectivity index (χ2n) is 6.94. The topological polar surface area (TPSA) is 49.4 Å². The van der Waals surface area contributed by atoms with Crippen molar-refractivity contribution in [2.75, 3.05) is 44.0 Å². The molecule has 0 radical (unpaired) electrons. The highest BCUT2D eigenvalue weighted by Gasteiger charge is 2.27. The molecule has 2 heterocycles. The number of hydrogen-bond acceptors (Lipinski definition) is 4. The first-order valence-corrected chi connectivity index (χ1v) is 9.99. The van der Waals surface area contributed by atoms with Crippen LogP contribution in [0, 0.1) is 0 Å². The van der Waals surface area contributed by atoms with Crippen LogP contribution in [0.1, 0.15) is 42.2 Å². The Kier molecular flexibility index (Phi) is 4.46. The van der Waals surface area contributed by atoms with Gasteiger partial charge in [-0.05, 0) is 63.0 Å². The fourth-order valence-electron chi connectivity index (χ4n) is 3.57. The van der Waals surface area contributed by atoms with Crippen LogP contribution in [-0.2, 0) is 9.84 Å². The molecule has 22 heavy (non-hydrogen) atoms. The van der Waals surface area contributed by atoms with Crippen molar-refractivity contribution in [1.29, 1.82) is 0 Å². The number of nitrogens with zero attached hydrogens (tertiary/aromatic N) is 1. The van der Waals surface area contributed by atoms with Gasteiger partial charge in [-0.2, -0.15) is 0 Å². The number of anilines is 1. The number of rotatable bonds is 4. The van der Waals surface area contributed by atoms with E-state index in [-0.39, 0.29) is 0 Å². The number of benzene rings is 1. The highest BCUT2D eigenvalue weighted by molar-refractivity contribution is 7.91. The Morgan fingerprint density at radius 1 is 1.23 bits per heavy atom. The molecule has 2 aliphatic heterocycles. The molecule has 0 aliphatic carbocycles. The van der Waals surface area contributed by atoms with Crippen LogP contribution in [0.5, 0.6) is 0 Å². The van der Waals surface area contributed by atoms with Crippen molar-refractivity contribution in [2.45, 2.75) is 31.1 Å². The van der Waals surface area contributed by atoms with Crippen molar-refractivity contribution in [3.63, 3.8) is 0 Å². The summed E-state index contributed by atoms with van der Waals surface area (Å²) in [7, 11) is 1.44. The van der Waals surface area contributed by atoms with Crippen LogP contribution < -0.4 is 5.32 Å². The molecule has 122 valence electrons. The quantitative estimate of drug-likeness (QED) is 0.925. The molecular weight excluding hydrogens is 296 g/mol. The molecule has 4 nitrogen and oxygen atoms in total. The summed E-state index contributed by atoms with van der Waals surface area (Å²) in [4.78, 5) is 2.23. The molecule has 1 aromatic rings. The summed E-state index contributed by atoms with van der Waals surface area (Å²) in [5.74, 6) is 1.67. The number of nitrogens with one attached hydrogen (secondary N) is 1. The fraction of sp³-hybridized carbons (Fsp3) is 0.647. The van der Waals surface area contributed by atoms with Gasteiger partial charge in [0, 0.05) is 18.2 Å². The lowest BCUT2D eigenvalue weighted by molar-refractivity contribution is 0.386. The summed E-state index contributed by atoms with van der Waals surface area (Å²) in [5, 5.41) is 3.50. The largest absolute Gasteiger partial charge is 0.384 e. The lowest BCUT2D eigenvalue weighted by atomic mass is 9.89. The van der Waals surface area contributed by atoms with Gasteiger partial charge in [-0.3, -0.25) is 0 Å². The monoisotopic (exact) mass is 322 g/mol. The summed E-state index contributed by atoms with van der Waals surface area (Å²) < 4.78 is 23.2. The molecule has 0 amide bonds. The summed E-state index contributed by atoms with van der Waals surface area (Å²) in [6.07, 6.45) is 2.71. The van der Waals surface area contributed by atoms with E-state index in [0.717, 1.165) is 32.4 Å². The smallest absolute Gasteiger partial charge is 0.150 e. The molecule has 2 aliphatic rings.